The van der Waals surface area contributed by atoms with Gasteiger partial charge in [-0.3, -0.25) is 4.74 Å². The van der Waals surface area contributed by atoms with E-state index in [0.29, 0.717) is 0 Å². The van der Waals surface area contributed by atoms with Gasteiger partial charge in [-0.05, 0) is 0 Å². The number of rotatable bonds is 0. The maximum absolute atomic E-state index is 12.0. The molecule has 0 saturated carbocycles. The van der Waals surface area contributed by atoms with Crippen molar-refractivity contribution in [3.8, 4) is 0 Å². The molecule has 11 heavy (non-hydrogen) atoms. The van der Waals surface area contributed by atoms with Gasteiger partial charge in [0.25, 0.3) is 0 Å². The van der Waals surface area contributed by atoms with E-state index in [1.165, 1.54) is 0 Å². The normalized spacial score (nSPS) is 40.9. The van der Waals surface area contributed by atoms with Gasteiger partial charge in [0.2, 0.25) is 0 Å². The summed E-state index contributed by atoms with van der Waals surface area (Å²) in [5, 5.41) is 16.5. The Morgan fingerprint density at radius 1 is 0.909 bits per heavy atom. The Morgan fingerprint density at radius 3 is 1.27 bits per heavy atom. The van der Waals surface area contributed by atoms with E-state index in [0.717, 1.165) is 0 Å². The molecule has 0 spiro atoms. The molecular formula is C4H4F4O3. The first-order chi connectivity index (χ1) is 4.77. The lowest BCUT2D eigenvalue weighted by Gasteiger charge is -2.10. The Bertz CT molecular complexity index is 153. The molecule has 1 fully saturated rings. The van der Waals surface area contributed by atoms with Gasteiger partial charge in [-0.1, -0.05) is 0 Å². The molecule has 0 amide bonds. The summed E-state index contributed by atoms with van der Waals surface area (Å²) in [4.78, 5) is 0. The monoisotopic (exact) mass is 176 g/mol. The molecule has 1 aliphatic rings. The molecule has 1 aliphatic heterocycles. The summed E-state index contributed by atoms with van der Waals surface area (Å²) >= 11 is 0. The van der Waals surface area contributed by atoms with Crippen molar-refractivity contribution in [2.45, 2.75) is 24.4 Å². The van der Waals surface area contributed by atoms with Gasteiger partial charge in [0, 0.05) is 0 Å². The minimum atomic E-state index is -4.39. The van der Waals surface area contributed by atoms with E-state index in [4.69, 9.17) is 10.2 Å². The van der Waals surface area contributed by atoms with Crippen molar-refractivity contribution in [1.82, 2.24) is 0 Å². The van der Waals surface area contributed by atoms with Gasteiger partial charge in [-0.25, -0.2) is 0 Å². The SMILES string of the molecule is O[C@@H]1[C@H](O)C(F)(F)OC1(F)F. The van der Waals surface area contributed by atoms with Crippen LogP contribution in [-0.4, -0.2) is 34.6 Å². The molecule has 0 aliphatic carbocycles. The van der Waals surface area contributed by atoms with E-state index in [1.54, 1.807) is 0 Å². The zero-order valence-electron chi connectivity index (χ0n) is 4.97. The fourth-order valence-electron chi connectivity index (χ4n) is 0.670. The summed E-state index contributed by atoms with van der Waals surface area (Å²) in [5.74, 6) is 0. The van der Waals surface area contributed by atoms with E-state index in [2.05, 4.69) is 4.74 Å². The van der Waals surface area contributed by atoms with Crippen molar-refractivity contribution >= 4 is 0 Å². The molecule has 1 rings (SSSR count). The van der Waals surface area contributed by atoms with Gasteiger partial charge < -0.3 is 10.2 Å². The molecule has 1 saturated heterocycles. The standard InChI is InChI=1S/C4H4F4O3/c5-3(6)1(9)2(10)4(7,8)11-3/h1-2,9-10H/t1-,2+. The molecule has 0 aromatic heterocycles. The quantitative estimate of drug-likeness (QED) is 0.507. The van der Waals surface area contributed by atoms with Crippen LogP contribution < -0.4 is 0 Å². The third-order valence-electron chi connectivity index (χ3n) is 1.26. The zero-order valence-corrected chi connectivity index (χ0v) is 4.97. The van der Waals surface area contributed by atoms with Gasteiger partial charge in [0.05, 0.1) is 0 Å². The van der Waals surface area contributed by atoms with Crippen molar-refractivity contribution < 1.29 is 32.5 Å². The Hall–Kier alpha value is -0.400. The fraction of sp³-hybridized carbons (Fsp3) is 1.00. The van der Waals surface area contributed by atoms with Gasteiger partial charge in [-0.15, -0.1) is 0 Å². The maximum atomic E-state index is 12.0. The number of ether oxygens (including phenoxy) is 1. The number of hydrogen-bond donors (Lipinski definition) is 2. The lowest BCUT2D eigenvalue weighted by Crippen LogP contribution is -2.37. The van der Waals surface area contributed by atoms with Crippen molar-refractivity contribution in [2.24, 2.45) is 0 Å². The highest BCUT2D eigenvalue weighted by Crippen LogP contribution is 2.42. The van der Waals surface area contributed by atoms with Crippen LogP contribution in [0, 0.1) is 0 Å². The molecule has 2 N–H and O–H groups in total. The molecule has 0 aromatic rings. The summed E-state index contributed by atoms with van der Waals surface area (Å²) in [6.45, 7) is 0. The zero-order chi connectivity index (χ0) is 8.86. The first-order valence-electron chi connectivity index (χ1n) is 2.59. The van der Waals surface area contributed by atoms with Crippen LogP contribution in [0.1, 0.15) is 0 Å². The first-order valence-corrected chi connectivity index (χ1v) is 2.59. The molecular weight excluding hydrogens is 172 g/mol. The average molecular weight is 176 g/mol. The van der Waals surface area contributed by atoms with E-state index in [9.17, 15) is 17.6 Å². The van der Waals surface area contributed by atoms with Crippen LogP contribution in [0.25, 0.3) is 0 Å². The number of halogens is 4. The molecule has 0 bridgehead atoms. The van der Waals surface area contributed by atoms with Crippen LogP contribution in [0.4, 0.5) is 17.6 Å². The van der Waals surface area contributed by atoms with E-state index >= 15 is 0 Å². The molecule has 2 atom stereocenters. The number of alkyl halides is 4. The fourth-order valence-corrected chi connectivity index (χ4v) is 0.670. The molecule has 1 heterocycles. The van der Waals surface area contributed by atoms with Crippen molar-refractivity contribution in [3.05, 3.63) is 0 Å². The van der Waals surface area contributed by atoms with Crippen LogP contribution in [0.15, 0.2) is 0 Å². The number of hydrogen-bond acceptors (Lipinski definition) is 3. The largest absolute Gasteiger partial charge is 0.389 e. The van der Waals surface area contributed by atoms with Gasteiger partial charge in [0.15, 0.2) is 12.2 Å². The van der Waals surface area contributed by atoms with E-state index in [1.807, 2.05) is 0 Å². The summed E-state index contributed by atoms with van der Waals surface area (Å²) in [7, 11) is 0. The predicted molar refractivity (Wildman–Crippen MR) is 23.0 cm³/mol. The third-order valence-corrected chi connectivity index (χ3v) is 1.26. The highest BCUT2D eigenvalue weighted by Gasteiger charge is 2.66. The highest BCUT2D eigenvalue weighted by atomic mass is 19.3. The first kappa shape index (κ1) is 8.69. The van der Waals surface area contributed by atoms with E-state index < -0.39 is 24.4 Å². The lowest BCUT2D eigenvalue weighted by molar-refractivity contribution is -0.346. The average Bonchev–Trinajstić information content (AvgIpc) is 1.91. The molecule has 0 radical (unpaired) electrons. The van der Waals surface area contributed by atoms with Crippen molar-refractivity contribution in [2.75, 3.05) is 0 Å². The molecule has 7 heteroatoms. The second-order valence-corrected chi connectivity index (χ2v) is 2.12. The minimum absolute atomic E-state index is 2.79. The molecule has 3 nitrogen and oxygen atoms in total. The van der Waals surface area contributed by atoms with Gasteiger partial charge in [0.1, 0.15) is 0 Å². The molecule has 0 aromatic carbocycles. The second-order valence-electron chi connectivity index (χ2n) is 2.12. The predicted octanol–water partition coefficient (Wildman–Crippen LogP) is -0.0760. The van der Waals surface area contributed by atoms with Crippen LogP contribution in [0.5, 0.6) is 0 Å². The lowest BCUT2D eigenvalue weighted by atomic mass is 10.2. The van der Waals surface area contributed by atoms with E-state index in [-0.39, 0.29) is 0 Å². The van der Waals surface area contributed by atoms with Gasteiger partial charge in [-0.2, -0.15) is 17.6 Å². The van der Waals surface area contributed by atoms with Crippen molar-refractivity contribution in [1.29, 1.82) is 0 Å². The Kier molecular flexibility index (Phi) is 1.62. The van der Waals surface area contributed by atoms with Gasteiger partial charge >= 0.3 is 12.2 Å². The Morgan fingerprint density at radius 2 is 1.18 bits per heavy atom. The smallest absolute Gasteiger partial charge is 0.381 e. The van der Waals surface area contributed by atoms with Crippen LogP contribution in [-0.2, 0) is 4.74 Å². The summed E-state index contributed by atoms with van der Waals surface area (Å²) < 4.78 is 50.7. The van der Waals surface area contributed by atoms with Crippen LogP contribution >= 0.6 is 0 Å². The molecule has 0 unspecified atom stereocenters. The van der Waals surface area contributed by atoms with Crippen molar-refractivity contribution in [3.63, 3.8) is 0 Å². The minimum Gasteiger partial charge on any atom is -0.381 e. The topological polar surface area (TPSA) is 49.7 Å². The molecule has 66 valence electrons. The summed E-state index contributed by atoms with van der Waals surface area (Å²) in [6.07, 6.45) is -14.5. The summed E-state index contributed by atoms with van der Waals surface area (Å²) in [6, 6.07) is 0. The van der Waals surface area contributed by atoms with Crippen LogP contribution in [0.3, 0.4) is 0 Å². The maximum Gasteiger partial charge on any atom is 0.389 e. The highest BCUT2D eigenvalue weighted by molar-refractivity contribution is 4.89. The second kappa shape index (κ2) is 2.05. The van der Waals surface area contributed by atoms with Crippen LogP contribution in [0.2, 0.25) is 0 Å². The number of aliphatic hydroxyl groups excluding tert-OH is 2. The Balaban J connectivity index is 2.86. The Labute approximate surface area is 58.2 Å². The number of aliphatic hydroxyl groups is 2. The summed E-state index contributed by atoms with van der Waals surface area (Å²) in [5.41, 5.74) is 0. The third kappa shape index (κ3) is 1.19.